The zero-order valence-electron chi connectivity index (χ0n) is 11.6. The van der Waals surface area contributed by atoms with Crippen molar-refractivity contribution in [1.82, 2.24) is 14.9 Å². The molecule has 1 saturated heterocycles. The zero-order valence-corrected chi connectivity index (χ0v) is 11.6. The Labute approximate surface area is 121 Å². The Hall–Kier alpha value is -2.02. The number of carbonyl (C=O) groups excluding carboxylic acids is 1. The molecule has 1 aromatic heterocycles. The first-order valence-corrected chi connectivity index (χ1v) is 7.08. The lowest BCUT2D eigenvalue weighted by atomic mass is 9.99. The molecule has 1 aromatic rings. The summed E-state index contributed by atoms with van der Waals surface area (Å²) >= 11 is 0. The molecule has 1 amide bonds. The summed E-state index contributed by atoms with van der Waals surface area (Å²) < 4.78 is 5.89. The van der Waals surface area contributed by atoms with E-state index in [4.69, 9.17) is 9.84 Å². The van der Waals surface area contributed by atoms with Gasteiger partial charge in [-0.15, -0.1) is 0 Å². The van der Waals surface area contributed by atoms with E-state index in [-0.39, 0.29) is 22.9 Å². The summed E-state index contributed by atoms with van der Waals surface area (Å²) in [5.41, 5.74) is -0.182. The largest absolute Gasteiger partial charge is 0.476 e. The molecule has 1 N–H and O–H groups in total. The molecule has 0 unspecified atom stereocenters. The summed E-state index contributed by atoms with van der Waals surface area (Å²) in [7, 11) is 0. The van der Waals surface area contributed by atoms with Crippen molar-refractivity contribution < 1.29 is 19.4 Å². The minimum Gasteiger partial charge on any atom is -0.476 e. The number of aromatic carboxylic acids is 1. The molecular weight excluding hydrogens is 274 g/mol. The van der Waals surface area contributed by atoms with Crippen LogP contribution in [0.1, 0.15) is 46.7 Å². The first-order valence-electron chi connectivity index (χ1n) is 7.08. The van der Waals surface area contributed by atoms with Gasteiger partial charge in [-0.2, -0.15) is 0 Å². The highest BCUT2D eigenvalue weighted by molar-refractivity contribution is 5.92. The van der Waals surface area contributed by atoms with Crippen LogP contribution in [-0.4, -0.2) is 57.1 Å². The molecule has 21 heavy (non-hydrogen) atoms. The lowest BCUT2D eigenvalue weighted by Gasteiger charge is -2.40. The maximum absolute atomic E-state index is 12.4. The Morgan fingerprint density at radius 2 is 1.86 bits per heavy atom. The lowest BCUT2D eigenvalue weighted by Crippen LogP contribution is -2.52. The number of morpholine rings is 1. The van der Waals surface area contributed by atoms with Crippen molar-refractivity contribution in [3.05, 3.63) is 23.8 Å². The number of hydrogen-bond donors (Lipinski definition) is 1. The summed E-state index contributed by atoms with van der Waals surface area (Å²) in [4.78, 5) is 32.6. The van der Waals surface area contributed by atoms with Gasteiger partial charge >= 0.3 is 5.97 Å². The number of amides is 1. The second-order valence-corrected chi connectivity index (χ2v) is 5.56. The van der Waals surface area contributed by atoms with E-state index >= 15 is 0 Å². The Bertz CT molecular complexity index is 552. The molecule has 1 spiro atoms. The number of ether oxygens (including phenoxy) is 1. The van der Waals surface area contributed by atoms with Crippen LogP contribution in [0.15, 0.2) is 12.4 Å². The quantitative estimate of drug-likeness (QED) is 0.872. The third-order valence-electron chi connectivity index (χ3n) is 4.14. The van der Waals surface area contributed by atoms with Gasteiger partial charge in [0.1, 0.15) is 5.69 Å². The maximum Gasteiger partial charge on any atom is 0.356 e. The van der Waals surface area contributed by atoms with E-state index in [0.717, 1.165) is 31.9 Å². The molecule has 7 heteroatoms. The van der Waals surface area contributed by atoms with Gasteiger partial charge < -0.3 is 14.7 Å². The van der Waals surface area contributed by atoms with Gasteiger partial charge in [0, 0.05) is 6.54 Å². The fraction of sp³-hybridized carbons (Fsp3) is 0.571. The monoisotopic (exact) mass is 291 g/mol. The van der Waals surface area contributed by atoms with E-state index in [9.17, 15) is 9.59 Å². The molecule has 1 saturated carbocycles. The van der Waals surface area contributed by atoms with Crippen LogP contribution in [0, 0.1) is 0 Å². The molecule has 0 aromatic carbocycles. The summed E-state index contributed by atoms with van der Waals surface area (Å²) in [5.74, 6) is -1.37. The number of hydrogen-bond acceptors (Lipinski definition) is 5. The summed E-state index contributed by atoms with van der Waals surface area (Å²) in [6.45, 7) is 1.64. The summed E-state index contributed by atoms with van der Waals surface area (Å²) in [5, 5.41) is 8.79. The van der Waals surface area contributed by atoms with E-state index in [1.54, 1.807) is 4.90 Å². The molecule has 0 radical (unpaired) electrons. The van der Waals surface area contributed by atoms with Crippen LogP contribution >= 0.6 is 0 Å². The normalized spacial score (nSPS) is 20.7. The van der Waals surface area contributed by atoms with E-state index in [1.165, 1.54) is 6.20 Å². The van der Waals surface area contributed by atoms with Crippen LogP contribution in [-0.2, 0) is 4.74 Å². The highest BCUT2D eigenvalue weighted by Crippen LogP contribution is 2.36. The molecule has 1 aliphatic carbocycles. The van der Waals surface area contributed by atoms with Crippen molar-refractivity contribution in [1.29, 1.82) is 0 Å². The Balaban J connectivity index is 1.73. The van der Waals surface area contributed by atoms with Gasteiger partial charge in [-0.3, -0.25) is 4.79 Å². The number of carbonyl (C=O) groups is 2. The predicted octanol–water partition coefficient (Wildman–Crippen LogP) is 0.960. The maximum atomic E-state index is 12.4. The SMILES string of the molecule is O=C(O)c1cnc(C(=O)N2CCOC3(CCCC3)C2)cn1. The van der Waals surface area contributed by atoms with Crippen LogP contribution in [0.2, 0.25) is 0 Å². The molecule has 0 bridgehead atoms. The molecule has 1 aliphatic heterocycles. The van der Waals surface area contributed by atoms with Crippen molar-refractivity contribution >= 4 is 11.9 Å². The first kappa shape index (κ1) is 13.9. The van der Waals surface area contributed by atoms with Gasteiger partial charge in [-0.1, -0.05) is 12.8 Å². The van der Waals surface area contributed by atoms with Crippen LogP contribution in [0.25, 0.3) is 0 Å². The van der Waals surface area contributed by atoms with Crippen LogP contribution < -0.4 is 0 Å². The topological polar surface area (TPSA) is 92.6 Å². The van der Waals surface area contributed by atoms with Crippen molar-refractivity contribution in [3.8, 4) is 0 Å². The smallest absolute Gasteiger partial charge is 0.356 e. The second kappa shape index (κ2) is 5.40. The summed E-state index contributed by atoms with van der Waals surface area (Å²) in [6, 6.07) is 0. The van der Waals surface area contributed by atoms with Gasteiger partial charge in [0.05, 0.1) is 31.1 Å². The number of carboxylic acid groups (broad SMARTS) is 1. The number of aromatic nitrogens is 2. The van der Waals surface area contributed by atoms with Crippen LogP contribution in [0.3, 0.4) is 0 Å². The second-order valence-electron chi connectivity index (χ2n) is 5.56. The van der Waals surface area contributed by atoms with Crippen LogP contribution in [0.4, 0.5) is 0 Å². The zero-order chi connectivity index (χ0) is 14.9. The van der Waals surface area contributed by atoms with E-state index < -0.39 is 5.97 Å². The molecule has 2 heterocycles. The van der Waals surface area contributed by atoms with Crippen LogP contribution in [0.5, 0.6) is 0 Å². The van der Waals surface area contributed by atoms with E-state index in [2.05, 4.69) is 9.97 Å². The Morgan fingerprint density at radius 1 is 1.19 bits per heavy atom. The fourth-order valence-electron chi connectivity index (χ4n) is 3.05. The van der Waals surface area contributed by atoms with Gasteiger partial charge in [0.15, 0.2) is 5.69 Å². The standard InChI is InChI=1S/C14H17N3O4/c18-12(10-7-16-11(8-15-10)13(19)20)17-5-6-21-14(9-17)3-1-2-4-14/h7-8H,1-6,9H2,(H,19,20). The predicted molar refractivity (Wildman–Crippen MR) is 72.0 cm³/mol. The van der Waals surface area contributed by atoms with Gasteiger partial charge in [0.2, 0.25) is 0 Å². The van der Waals surface area contributed by atoms with E-state index in [1.807, 2.05) is 0 Å². The minimum absolute atomic E-state index is 0.166. The van der Waals surface area contributed by atoms with Crippen molar-refractivity contribution in [2.24, 2.45) is 0 Å². The lowest BCUT2D eigenvalue weighted by molar-refractivity contribution is -0.0949. The van der Waals surface area contributed by atoms with Crippen molar-refractivity contribution in [3.63, 3.8) is 0 Å². The van der Waals surface area contributed by atoms with Gasteiger partial charge in [0.25, 0.3) is 5.91 Å². The average Bonchev–Trinajstić information content (AvgIpc) is 2.94. The molecule has 3 rings (SSSR count). The highest BCUT2D eigenvalue weighted by Gasteiger charge is 2.40. The molecule has 2 fully saturated rings. The Kier molecular flexibility index (Phi) is 3.59. The number of rotatable bonds is 2. The minimum atomic E-state index is -1.15. The third kappa shape index (κ3) is 2.73. The average molecular weight is 291 g/mol. The molecule has 112 valence electrons. The first-order chi connectivity index (χ1) is 10.1. The number of carboxylic acids is 1. The van der Waals surface area contributed by atoms with Gasteiger partial charge in [-0.05, 0) is 12.8 Å². The fourth-order valence-corrected chi connectivity index (χ4v) is 3.05. The third-order valence-corrected chi connectivity index (χ3v) is 4.14. The molecule has 7 nitrogen and oxygen atoms in total. The van der Waals surface area contributed by atoms with Gasteiger partial charge in [-0.25, -0.2) is 14.8 Å². The summed E-state index contributed by atoms with van der Waals surface area (Å²) in [6.07, 6.45) is 6.58. The van der Waals surface area contributed by atoms with E-state index in [0.29, 0.717) is 19.7 Å². The highest BCUT2D eigenvalue weighted by atomic mass is 16.5. The molecular formula is C14H17N3O4. The number of nitrogens with zero attached hydrogens (tertiary/aromatic N) is 3. The van der Waals surface area contributed by atoms with Crippen molar-refractivity contribution in [2.75, 3.05) is 19.7 Å². The van der Waals surface area contributed by atoms with Crippen molar-refractivity contribution in [2.45, 2.75) is 31.3 Å². The molecule has 2 aliphatic rings. The Morgan fingerprint density at radius 3 is 2.48 bits per heavy atom. The molecule has 0 atom stereocenters.